The van der Waals surface area contributed by atoms with Crippen molar-refractivity contribution in [3.63, 3.8) is 0 Å². The third-order valence-electron chi connectivity index (χ3n) is 4.24. The summed E-state index contributed by atoms with van der Waals surface area (Å²) in [6, 6.07) is 7.89. The highest BCUT2D eigenvalue weighted by Gasteiger charge is 2.32. The SMILES string of the molecule is COc1ccccc1/C=C1/CC([Si](C)(C)C)CCC1=O. The van der Waals surface area contributed by atoms with Crippen LogP contribution in [0.1, 0.15) is 24.8 Å². The molecule has 0 radical (unpaired) electrons. The van der Waals surface area contributed by atoms with Crippen molar-refractivity contribution in [1.29, 1.82) is 0 Å². The molecule has 1 fully saturated rings. The number of hydrogen-bond donors (Lipinski definition) is 0. The van der Waals surface area contributed by atoms with Crippen LogP contribution in [-0.4, -0.2) is 21.0 Å². The minimum atomic E-state index is -1.19. The molecule has 0 spiro atoms. The molecule has 1 unspecified atom stereocenters. The number of carbonyl (C=O) groups is 1. The van der Waals surface area contributed by atoms with Crippen molar-refractivity contribution in [3.8, 4) is 5.75 Å². The van der Waals surface area contributed by atoms with E-state index in [9.17, 15) is 4.79 Å². The fraction of sp³-hybridized carbons (Fsp3) is 0.471. The molecule has 3 heteroatoms. The number of rotatable bonds is 3. The van der Waals surface area contributed by atoms with E-state index in [1.165, 1.54) is 0 Å². The molecular weight excluding hydrogens is 264 g/mol. The molecule has 0 aliphatic heterocycles. The molecule has 0 amide bonds. The first-order valence-corrected chi connectivity index (χ1v) is 10.9. The average Bonchev–Trinajstić information content (AvgIpc) is 2.40. The van der Waals surface area contributed by atoms with E-state index in [-0.39, 0.29) is 0 Å². The van der Waals surface area contributed by atoms with Gasteiger partial charge in [-0.05, 0) is 36.1 Å². The summed E-state index contributed by atoms with van der Waals surface area (Å²) < 4.78 is 5.37. The second-order valence-corrected chi connectivity index (χ2v) is 12.2. The molecule has 2 rings (SSSR count). The van der Waals surface area contributed by atoms with Gasteiger partial charge in [0.1, 0.15) is 5.75 Å². The predicted molar refractivity (Wildman–Crippen MR) is 86.9 cm³/mol. The van der Waals surface area contributed by atoms with Crippen LogP contribution in [0.2, 0.25) is 25.2 Å². The molecule has 20 heavy (non-hydrogen) atoms. The van der Waals surface area contributed by atoms with Gasteiger partial charge in [-0.2, -0.15) is 0 Å². The van der Waals surface area contributed by atoms with Gasteiger partial charge in [0.25, 0.3) is 0 Å². The molecule has 1 saturated carbocycles. The molecule has 0 saturated heterocycles. The third kappa shape index (κ3) is 3.40. The Morgan fingerprint density at radius 1 is 1.25 bits per heavy atom. The molecular formula is C17H24O2Si. The summed E-state index contributed by atoms with van der Waals surface area (Å²) >= 11 is 0. The van der Waals surface area contributed by atoms with Gasteiger partial charge >= 0.3 is 0 Å². The van der Waals surface area contributed by atoms with Gasteiger partial charge in [-0.1, -0.05) is 37.8 Å². The lowest BCUT2D eigenvalue weighted by molar-refractivity contribution is -0.116. The maximum absolute atomic E-state index is 12.2. The van der Waals surface area contributed by atoms with Crippen molar-refractivity contribution < 1.29 is 9.53 Å². The number of carbonyl (C=O) groups excluding carboxylic acids is 1. The van der Waals surface area contributed by atoms with Crippen LogP contribution in [0.3, 0.4) is 0 Å². The number of ether oxygens (including phenoxy) is 1. The van der Waals surface area contributed by atoms with Crippen LogP contribution in [0.5, 0.6) is 5.75 Å². The van der Waals surface area contributed by atoms with E-state index in [0.29, 0.717) is 17.7 Å². The molecule has 0 heterocycles. The fourth-order valence-electron chi connectivity index (χ4n) is 2.80. The number of benzene rings is 1. The maximum Gasteiger partial charge on any atom is 0.158 e. The Labute approximate surface area is 122 Å². The molecule has 2 nitrogen and oxygen atoms in total. The third-order valence-corrected chi connectivity index (χ3v) is 7.18. The number of hydrogen-bond acceptors (Lipinski definition) is 2. The van der Waals surface area contributed by atoms with E-state index in [1.807, 2.05) is 30.3 Å². The van der Waals surface area contributed by atoms with Crippen LogP contribution < -0.4 is 4.74 Å². The van der Waals surface area contributed by atoms with Gasteiger partial charge in [-0.3, -0.25) is 4.79 Å². The monoisotopic (exact) mass is 288 g/mol. The summed E-state index contributed by atoms with van der Waals surface area (Å²) in [4.78, 5) is 12.2. The lowest BCUT2D eigenvalue weighted by Gasteiger charge is -2.33. The lowest BCUT2D eigenvalue weighted by atomic mass is 9.91. The zero-order valence-corrected chi connectivity index (χ0v) is 13.9. The zero-order valence-electron chi connectivity index (χ0n) is 12.9. The smallest absolute Gasteiger partial charge is 0.158 e. The largest absolute Gasteiger partial charge is 0.496 e. The molecule has 1 aromatic rings. The highest BCUT2D eigenvalue weighted by Crippen LogP contribution is 2.39. The minimum Gasteiger partial charge on any atom is -0.496 e. The standard InChI is InChI=1S/C17H24O2Si/c1-19-17-8-6-5-7-13(17)11-14-12-15(20(2,3)4)9-10-16(14)18/h5-8,11,15H,9-10,12H2,1-4H3/b14-11-. The van der Waals surface area contributed by atoms with E-state index in [1.54, 1.807) is 7.11 Å². The van der Waals surface area contributed by atoms with E-state index in [2.05, 4.69) is 19.6 Å². The predicted octanol–water partition coefficient (Wildman–Crippen LogP) is 4.54. The molecule has 0 bridgehead atoms. The van der Waals surface area contributed by atoms with Gasteiger partial charge in [0.2, 0.25) is 0 Å². The molecule has 1 aliphatic rings. The number of Topliss-reactive ketones (excluding diaryl/α,β-unsaturated/α-hetero) is 1. The van der Waals surface area contributed by atoms with Gasteiger partial charge < -0.3 is 4.74 Å². The fourth-order valence-corrected chi connectivity index (χ4v) is 4.64. The number of allylic oxidation sites excluding steroid dienone is 1. The number of para-hydroxylation sites is 1. The molecule has 1 aliphatic carbocycles. The molecule has 1 atom stereocenters. The summed E-state index contributed by atoms with van der Waals surface area (Å²) in [5.74, 6) is 1.15. The number of ketones is 1. The van der Waals surface area contributed by atoms with Gasteiger partial charge in [0.15, 0.2) is 5.78 Å². The second kappa shape index (κ2) is 5.96. The highest BCUT2D eigenvalue weighted by atomic mass is 28.3. The minimum absolute atomic E-state index is 0.311. The van der Waals surface area contributed by atoms with E-state index < -0.39 is 8.07 Å². The molecule has 0 aromatic heterocycles. The Bertz CT molecular complexity index is 526. The maximum atomic E-state index is 12.2. The summed E-state index contributed by atoms with van der Waals surface area (Å²) in [5.41, 5.74) is 2.70. The van der Waals surface area contributed by atoms with Gasteiger partial charge in [0.05, 0.1) is 7.11 Å². The van der Waals surface area contributed by atoms with Crippen molar-refractivity contribution in [2.24, 2.45) is 0 Å². The average molecular weight is 288 g/mol. The van der Waals surface area contributed by atoms with Crippen molar-refractivity contribution in [1.82, 2.24) is 0 Å². The zero-order chi connectivity index (χ0) is 14.8. The highest BCUT2D eigenvalue weighted by molar-refractivity contribution is 6.77. The van der Waals surface area contributed by atoms with E-state index >= 15 is 0 Å². The Morgan fingerprint density at radius 2 is 1.95 bits per heavy atom. The first kappa shape index (κ1) is 15.0. The lowest BCUT2D eigenvalue weighted by Crippen LogP contribution is -2.32. The second-order valence-electron chi connectivity index (χ2n) is 6.64. The van der Waals surface area contributed by atoms with Crippen LogP contribution in [0.25, 0.3) is 6.08 Å². The van der Waals surface area contributed by atoms with Crippen molar-refractivity contribution in [2.75, 3.05) is 7.11 Å². The summed E-state index contributed by atoms with van der Waals surface area (Å²) in [6.07, 6.45) is 4.74. The Kier molecular flexibility index (Phi) is 4.48. The van der Waals surface area contributed by atoms with E-state index in [4.69, 9.17) is 4.74 Å². The first-order valence-electron chi connectivity index (χ1n) is 7.28. The van der Waals surface area contributed by atoms with Crippen LogP contribution in [0, 0.1) is 0 Å². The Balaban J connectivity index is 2.29. The molecule has 1 aromatic carbocycles. The summed E-state index contributed by atoms with van der Waals surface area (Å²) in [6.45, 7) is 7.19. The van der Waals surface area contributed by atoms with Crippen LogP contribution in [0.4, 0.5) is 0 Å². The topological polar surface area (TPSA) is 26.3 Å². The van der Waals surface area contributed by atoms with Crippen molar-refractivity contribution in [3.05, 3.63) is 35.4 Å². The quantitative estimate of drug-likeness (QED) is 0.603. The normalized spacial score (nSPS) is 22.1. The van der Waals surface area contributed by atoms with Crippen LogP contribution in [-0.2, 0) is 4.79 Å². The van der Waals surface area contributed by atoms with Crippen molar-refractivity contribution in [2.45, 2.75) is 44.4 Å². The summed E-state index contributed by atoms with van der Waals surface area (Å²) in [5, 5.41) is 0. The Morgan fingerprint density at radius 3 is 2.60 bits per heavy atom. The van der Waals surface area contributed by atoms with Crippen molar-refractivity contribution >= 4 is 19.9 Å². The Hall–Kier alpha value is -1.35. The van der Waals surface area contributed by atoms with Gasteiger partial charge in [0, 0.05) is 20.1 Å². The number of methoxy groups -OCH3 is 1. The van der Waals surface area contributed by atoms with Gasteiger partial charge in [-0.25, -0.2) is 0 Å². The van der Waals surface area contributed by atoms with Crippen LogP contribution >= 0.6 is 0 Å². The summed E-state index contributed by atoms with van der Waals surface area (Å²) in [7, 11) is 0.480. The van der Waals surface area contributed by atoms with Gasteiger partial charge in [-0.15, -0.1) is 0 Å². The van der Waals surface area contributed by atoms with E-state index in [0.717, 1.165) is 29.7 Å². The molecule has 0 N–H and O–H groups in total. The molecule has 108 valence electrons. The first-order chi connectivity index (χ1) is 9.41. The van der Waals surface area contributed by atoms with Crippen LogP contribution in [0.15, 0.2) is 29.8 Å².